The number of carbonyl (C=O) groups excluding carboxylic acids is 1. The second-order valence-electron chi connectivity index (χ2n) is 3.61. The lowest BCUT2D eigenvalue weighted by Crippen LogP contribution is -2.32. The number of ketones is 1. The van der Waals surface area contributed by atoms with Crippen molar-refractivity contribution in [2.24, 2.45) is 17.8 Å². The summed E-state index contributed by atoms with van der Waals surface area (Å²) in [6.45, 7) is 2.26. The minimum absolute atomic E-state index is 0.500. The van der Waals surface area contributed by atoms with Gasteiger partial charge < -0.3 is 0 Å². The average Bonchev–Trinajstić information content (AvgIpc) is 2.08. The smallest absolute Gasteiger partial charge is 0.136 e. The standard InChI is InChI=1S/C8H12O/c1-5-2-6-4-8(9)7(6)3-5/h5-7H,2-4H2,1H3/t5-,6?,7?/m0/s1. The van der Waals surface area contributed by atoms with Crippen molar-refractivity contribution in [1.29, 1.82) is 0 Å². The van der Waals surface area contributed by atoms with Crippen LogP contribution in [0.4, 0.5) is 0 Å². The summed E-state index contributed by atoms with van der Waals surface area (Å²) in [5.74, 6) is 2.66. The highest BCUT2D eigenvalue weighted by atomic mass is 16.1. The van der Waals surface area contributed by atoms with Gasteiger partial charge in [-0.15, -0.1) is 0 Å². The molecule has 1 nitrogen and oxygen atoms in total. The normalized spacial score (nSPS) is 48.6. The largest absolute Gasteiger partial charge is 0.299 e. The first-order valence-corrected chi connectivity index (χ1v) is 3.80. The van der Waals surface area contributed by atoms with Gasteiger partial charge >= 0.3 is 0 Å². The summed E-state index contributed by atoms with van der Waals surface area (Å²) in [5.41, 5.74) is 0. The van der Waals surface area contributed by atoms with Crippen molar-refractivity contribution in [3.05, 3.63) is 0 Å². The molecule has 2 saturated carbocycles. The van der Waals surface area contributed by atoms with Crippen LogP contribution in [-0.4, -0.2) is 5.78 Å². The summed E-state index contributed by atoms with van der Waals surface area (Å²) in [5, 5.41) is 0. The Morgan fingerprint density at radius 1 is 1.44 bits per heavy atom. The summed E-state index contributed by atoms with van der Waals surface area (Å²) >= 11 is 0. The summed E-state index contributed by atoms with van der Waals surface area (Å²) in [6.07, 6.45) is 3.40. The van der Waals surface area contributed by atoms with Gasteiger partial charge in [-0.25, -0.2) is 0 Å². The zero-order valence-electron chi connectivity index (χ0n) is 5.76. The molecule has 0 spiro atoms. The second kappa shape index (κ2) is 1.59. The molecule has 3 atom stereocenters. The maximum atomic E-state index is 10.9. The number of fused-ring (bicyclic) bond motifs is 1. The summed E-state index contributed by atoms with van der Waals surface area (Å²) in [4.78, 5) is 10.9. The van der Waals surface area contributed by atoms with Gasteiger partial charge in [0, 0.05) is 12.3 Å². The number of carbonyl (C=O) groups is 1. The third-order valence-electron chi connectivity index (χ3n) is 2.81. The summed E-state index contributed by atoms with van der Waals surface area (Å²) < 4.78 is 0. The minimum Gasteiger partial charge on any atom is -0.299 e. The zero-order chi connectivity index (χ0) is 6.43. The third-order valence-corrected chi connectivity index (χ3v) is 2.81. The molecule has 0 bridgehead atoms. The van der Waals surface area contributed by atoms with Gasteiger partial charge in [0.25, 0.3) is 0 Å². The molecule has 2 rings (SSSR count). The van der Waals surface area contributed by atoms with Gasteiger partial charge in [0.15, 0.2) is 0 Å². The van der Waals surface area contributed by atoms with Crippen LogP contribution in [0.5, 0.6) is 0 Å². The monoisotopic (exact) mass is 124 g/mol. The van der Waals surface area contributed by atoms with Crippen LogP contribution in [0.15, 0.2) is 0 Å². The lowest BCUT2D eigenvalue weighted by Gasteiger charge is -2.27. The Kier molecular flexibility index (Phi) is 0.961. The van der Waals surface area contributed by atoms with E-state index >= 15 is 0 Å². The molecule has 0 saturated heterocycles. The molecule has 0 N–H and O–H groups in total. The Bertz CT molecular complexity index is 151. The van der Waals surface area contributed by atoms with Crippen LogP contribution in [0, 0.1) is 17.8 Å². The van der Waals surface area contributed by atoms with E-state index in [-0.39, 0.29) is 0 Å². The Morgan fingerprint density at radius 2 is 2.22 bits per heavy atom. The van der Waals surface area contributed by atoms with E-state index < -0.39 is 0 Å². The van der Waals surface area contributed by atoms with Gasteiger partial charge in [0.2, 0.25) is 0 Å². The second-order valence-corrected chi connectivity index (χ2v) is 3.61. The molecular formula is C8H12O. The highest BCUT2D eigenvalue weighted by Crippen LogP contribution is 2.46. The van der Waals surface area contributed by atoms with E-state index in [1.54, 1.807) is 0 Å². The molecule has 50 valence electrons. The zero-order valence-corrected chi connectivity index (χ0v) is 5.76. The van der Waals surface area contributed by atoms with Crippen LogP contribution in [-0.2, 0) is 4.79 Å². The van der Waals surface area contributed by atoms with Crippen molar-refractivity contribution in [2.45, 2.75) is 26.2 Å². The SMILES string of the molecule is C[C@H]1CC2CC(=O)C2C1. The van der Waals surface area contributed by atoms with E-state index in [0.29, 0.717) is 11.7 Å². The van der Waals surface area contributed by atoms with Crippen molar-refractivity contribution in [2.75, 3.05) is 0 Å². The first-order valence-electron chi connectivity index (χ1n) is 3.80. The van der Waals surface area contributed by atoms with Crippen LogP contribution in [0.3, 0.4) is 0 Å². The lowest BCUT2D eigenvalue weighted by atomic mass is 9.75. The van der Waals surface area contributed by atoms with E-state index in [0.717, 1.165) is 18.3 Å². The van der Waals surface area contributed by atoms with Gasteiger partial charge in [0.05, 0.1) is 0 Å². The Morgan fingerprint density at radius 3 is 2.67 bits per heavy atom. The molecule has 2 aliphatic rings. The van der Waals surface area contributed by atoms with E-state index in [4.69, 9.17) is 0 Å². The highest BCUT2D eigenvalue weighted by Gasteiger charge is 2.45. The van der Waals surface area contributed by atoms with E-state index in [1.807, 2.05) is 0 Å². The van der Waals surface area contributed by atoms with E-state index in [9.17, 15) is 4.79 Å². The van der Waals surface area contributed by atoms with Gasteiger partial charge in [0.1, 0.15) is 5.78 Å². The van der Waals surface area contributed by atoms with Crippen molar-refractivity contribution >= 4 is 5.78 Å². The molecule has 0 amide bonds. The number of Topliss-reactive ketones (excluding diaryl/α,β-unsaturated/α-hetero) is 1. The van der Waals surface area contributed by atoms with Crippen LogP contribution < -0.4 is 0 Å². The Hall–Kier alpha value is -0.330. The van der Waals surface area contributed by atoms with Gasteiger partial charge in [-0.3, -0.25) is 4.79 Å². The van der Waals surface area contributed by atoms with Gasteiger partial charge in [-0.1, -0.05) is 6.92 Å². The number of hydrogen-bond acceptors (Lipinski definition) is 1. The first-order chi connectivity index (χ1) is 4.27. The fourth-order valence-corrected chi connectivity index (χ4v) is 2.27. The molecule has 0 aromatic rings. The Balaban J connectivity index is 2.08. The molecule has 0 aliphatic heterocycles. The van der Waals surface area contributed by atoms with Gasteiger partial charge in [-0.2, -0.15) is 0 Å². The molecule has 0 aromatic heterocycles. The van der Waals surface area contributed by atoms with Crippen molar-refractivity contribution in [3.8, 4) is 0 Å². The molecule has 2 unspecified atom stereocenters. The maximum absolute atomic E-state index is 10.9. The predicted molar refractivity (Wildman–Crippen MR) is 35.0 cm³/mol. The molecule has 0 aromatic carbocycles. The van der Waals surface area contributed by atoms with Crippen LogP contribution in [0.2, 0.25) is 0 Å². The molecule has 2 aliphatic carbocycles. The third kappa shape index (κ3) is 0.637. The average molecular weight is 124 g/mol. The fourth-order valence-electron chi connectivity index (χ4n) is 2.27. The summed E-state index contributed by atoms with van der Waals surface area (Å²) in [6, 6.07) is 0. The van der Waals surface area contributed by atoms with Crippen LogP contribution in [0.1, 0.15) is 26.2 Å². The van der Waals surface area contributed by atoms with Crippen molar-refractivity contribution in [1.82, 2.24) is 0 Å². The molecule has 9 heavy (non-hydrogen) atoms. The minimum atomic E-state index is 0.500. The van der Waals surface area contributed by atoms with Crippen molar-refractivity contribution < 1.29 is 4.79 Å². The number of rotatable bonds is 0. The topological polar surface area (TPSA) is 17.1 Å². The molecular weight excluding hydrogens is 112 g/mol. The number of hydrogen-bond donors (Lipinski definition) is 0. The highest BCUT2D eigenvalue weighted by molar-refractivity contribution is 5.87. The molecule has 0 heterocycles. The molecule has 1 heteroatoms. The predicted octanol–water partition coefficient (Wildman–Crippen LogP) is 1.62. The maximum Gasteiger partial charge on any atom is 0.136 e. The fraction of sp³-hybridized carbons (Fsp3) is 0.875. The van der Waals surface area contributed by atoms with Crippen molar-refractivity contribution in [3.63, 3.8) is 0 Å². The first kappa shape index (κ1) is 5.45. The quantitative estimate of drug-likeness (QED) is 0.479. The van der Waals surface area contributed by atoms with Gasteiger partial charge in [-0.05, 0) is 24.7 Å². The summed E-state index contributed by atoms with van der Waals surface area (Å²) in [7, 11) is 0. The van der Waals surface area contributed by atoms with E-state index in [2.05, 4.69) is 6.92 Å². The van der Waals surface area contributed by atoms with Crippen LogP contribution >= 0.6 is 0 Å². The van der Waals surface area contributed by atoms with E-state index in [1.165, 1.54) is 12.8 Å². The van der Waals surface area contributed by atoms with Crippen LogP contribution in [0.25, 0.3) is 0 Å². The molecule has 2 fully saturated rings. The Labute approximate surface area is 55.4 Å². The lowest BCUT2D eigenvalue weighted by molar-refractivity contribution is -0.132. The molecule has 0 radical (unpaired) electrons.